The predicted octanol–water partition coefficient (Wildman–Crippen LogP) is 3.92. The maximum Gasteiger partial charge on any atom is 0.321 e. The number of anilines is 2. The lowest BCUT2D eigenvalue weighted by molar-refractivity contribution is 0.0995. The Bertz CT molecular complexity index is 723. The smallest absolute Gasteiger partial charge is 0.321 e. The molecule has 1 aromatic carbocycles. The zero-order valence-corrected chi connectivity index (χ0v) is 13.9. The van der Waals surface area contributed by atoms with Crippen LogP contribution < -0.4 is 10.6 Å². The molecule has 120 valence electrons. The Kier molecular flexibility index (Phi) is 4.66. The summed E-state index contributed by atoms with van der Waals surface area (Å²) in [7, 11) is 0. The molecule has 0 unspecified atom stereocenters. The Hall–Kier alpha value is -2.28. The number of carbonyl (C=O) groups is 2. The largest absolute Gasteiger partial charge is 0.444 e. The lowest BCUT2D eigenvalue weighted by Gasteiger charge is -2.18. The highest BCUT2D eigenvalue weighted by Crippen LogP contribution is 2.23. The maximum atomic E-state index is 12.2. The zero-order valence-electron chi connectivity index (χ0n) is 12.3. The summed E-state index contributed by atoms with van der Waals surface area (Å²) in [6.45, 7) is 1.53. The summed E-state index contributed by atoms with van der Waals surface area (Å²) in [6.07, 6.45) is 2.05. The average Bonchev–Trinajstić information content (AvgIpc) is 3.20. The number of amides is 3. The van der Waals surface area contributed by atoms with Crippen molar-refractivity contribution in [3.8, 4) is 0 Å². The van der Waals surface area contributed by atoms with E-state index >= 15 is 0 Å². The van der Waals surface area contributed by atoms with E-state index in [1.807, 2.05) is 0 Å². The molecular formula is C16H16BrN3O3. The molecule has 7 heteroatoms. The molecule has 1 aromatic heterocycles. The van der Waals surface area contributed by atoms with Crippen LogP contribution in [0.1, 0.15) is 23.4 Å². The molecule has 1 fully saturated rings. The van der Waals surface area contributed by atoms with Crippen molar-refractivity contribution in [1.29, 1.82) is 0 Å². The minimum atomic E-state index is -0.376. The van der Waals surface area contributed by atoms with Crippen molar-refractivity contribution < 1.29 is 14.0 Å². The van der Waals surface area contributed by atoms with Crippen molar-refractivity contribution in [2.24, 2.45) is 0 Å². The van der Waals surface area contributed by atoms with E-state index in [2.05, 4.69) is 26.6 Å². The van der Waals surface area contributed by atoms with Crippen LogP contribution in [0.3, 0.4) is 0 Å². The Morgan fingerprint density at radius 1 is 1.00 bits per heavy atom. The highest BCUT2D eigenvalue weighted by atomic mass is 79.9. The van der Waals surface area contributed by atoms with Gasteiger partial charge in [0.25, 0.3) is 5.91 Å². The van der Waals surface area contributed by atoms with E-state index in [-0.39, 0.29) is 17.7 Å². The zero-order chi connectivity index (χ0) is 16.2. The van der Waals surface area contributed by atoms with E-state index in [0.29, 0.717) is 16.0 Å². The number of urea groups is 1. The van der Waals surface area contributed by atoms with Crippen LogP contribution in [0, 0.1) is 0 Å². The van der Waals surface area contributed by atoms with Crippen LogP contribution in [-0.4, -0.2) is 29.9 Å². The topological polar surface area (TPSA) is 74.6 Å². The van der Waals surface area contributed by atoms with Crippen LogP contribution in [0.4, 0.5) is 16.2 Å². The van der Waals surface area contributed by atoms with Gasteiger partial charge in [-0.3, -0.25) is 4.79 Å². The van der Waals surface area contributed by atoms with Gasteiger partial charge in [-0.2, -0.15) is 0 Å². The standard InChI is InChI=1S/C16H16BrN3O3/c17-14-8-7-13(23-14)15(21)18-11-5-1-2-6-12(11)19-16(22)20-9-3-4-10-20/h1-2,5-8H,3-4,9-10H2,(H,18,21)(H,19,22). The van der Waals surface area contributed by atoms with Gasteiger partial charge in [0, 0.05) is 13.1 Å². The van der Waals surface area contributed by atoms with Gasteiger partial charge in [0.05, 0.1) is 11.4 Å². The minimum Gasteiger partial charge on any atom is -0.444 e. The summed E-state index contributed by atoms with van der Waals surface area (Å²) in [4.78, 5) is 26.1. The maximum absolute atomic E-state index is 12.2. The third-order valence-corrected chi connectivity index (χ3v) is 4.03. The summed E-state index contributed by atoms with van der Waals surface area (Å²) in [5.41, 5.74) is 1.08. The van der Waals surface area contributed by atoms with E-state index in [4.69, 9.17) is 4.42 Å². The number of hydrogen-bond donors (Lipinski definition) is 2. The van der Waals surface area contributed by atoms with Gasteiger partial charge < -0.3 is 20.0 Å². The molecule has 3 rings (SSSR count). The number of para-hydroxylation sites is 2. The fourth-order valence-corrected chi connectivity index (χ4v) is 2.74. The van der Waals surface area contributed by atoms with E-state index < -0.39 is 0 Å². The van der Waals surface area contributed by atoms with Crippen molar-refractivity contribution in [2.45, 2.75) is 12.8 Å². The first-order chi connectivity index (χ1) is 11.1. The number of rotatable bonds is 3. The van der Waals surface area contributed by atoms with Gasteiger partial charge >= 0.3 is 6.03 Å². The van der Waals surface area contributed by atoms with Crippen LogP contribution in [-0.2, 0) is 0 Å². The SMILES string of the molecule is O=C(Nc1ccccc1NC(=O)N1CCCC1)c1ccc(Br)o1. The monoisotopic (exact) mass is 377 g/mol. The van der Waals surface area contributed by atoms with Gasteiger partial charge in [-0.15, -0.1) is 0 Å². The molecule has 3 amide bonds. The number of nitrogens with zero attached hydrogens (tertiary/aromatic N) is 1. The van der Waals surface area contributed by atoms with Gasteiger partial charge in [0.1, 0.15) is 0 Å². The molecule has 23 heavy (non-hydrogen) atoms. The summed E-state index contributed by atoms with van der Waals surface area (Å²) in [5.74, 6) is -0.184. The third-order valence-electron chi connectivity index (χ3n) is 3.61. The number of halogens is 1. The molecule has 0 saturated carbocycles. The average molecular weight is 378 g/mol. The number of hydrogen-bond acceptors (Lipinski definition) is 3. The Labute approximate surface area is 142 Å². The fraction of sp³-hybridized carbons (Fsp3) is 0.250. The summed E-state index contributed by atoms with van der Waals surface area (Å²) < 4.78 is 5.71. The molecule has 6 nitrogen and oxygen atoms in total. The summed E-state index contributed by atoms with van der Waals surface area (Å²) in [6, 6.07) is 10.2. The highest BCUT2D eigenvalue weighted by molar-refractivity contribution is 9.10. The van der Waals surface area contributed by atoms with Crippen LogP contribution in [0.15, 0.2) is 45.5 Å². The highest BCUT2D eigenvalue weighted by Gasteiger charge is 2.19. The first-order valence-corrected chi connectivity index (χ1v) is 8.14. The molecule has 2 heterocycles. The molecular weight excluding hydrogens is 362 g/mol. The van der Waals surface area contributed by atoms with Crippen LogP contribution >= 0.6 is 15.9 Å². The molecule has 1 aliphatic rings. The molecule has 0 spiro atoms. The summed E-state index contributed by atoms with van der Waals surface area (Å²) >= 11 is 3.16. The van der Waals surface area contributed by atoms with Crippen molar-refractivity contribution in [3.05, 3.63) is 46.8 Å². The Morgan fingerprint density at radius 2 is 1.65 bits per heavy atom. The molecule has 1 aliphatic heterocycles. The first-order valence-electron chi connectivity index (χ1n) is 7.35. The Balaban J connectivity index is 1.72. The van der Waals surface area contributed by atoms with Crippen LogP contribution in [0.2, 0.25) is 0 Å². The second-order valence-electron chi connectivity index (χ2n) is 5.23. The predicted molar refractivity (Wildman–Crippen MR) is 90.6 cm³/mol. The first kappa shape index (κ1) is 15.6. The number of nitrogens with one attached hydrogen (secondary N) is 2. The second-order valence-corrected chi connectivity index (χ2v) is 6.01. The normalized spacial score (nSPS) is 13.9. The van der Waals surface area contributed by atoms with Gasteiger partial charge in [0.15, 0.2) is 10.4 Å². The molecule has 0 atom stereocenters. The van der Waals surface area contributed by atoms with E-state index in [1.165, 1.54) is 0 Å². The molecule has 0 bridgehead atoms. The van der Waals surface area contributed by atoms with Gasteiger partial charge in [-0.1, -0.05) is 12.1 Å². The lowest BCUT2D eigenvalue weighted by atomic mass is 10.2. The van der Waals surface area contributed by atoms with Gasteiger partial charge in [-0.25, -0.2) is 4.79 Å². The molecule has 0 aliphatic carbocycles. The number of likely N-dealkylation sites (tertiary alicyclic amines) is 1. The number of benzene rings is 1. The van der Waals surface area contributed by atoms with Crippen LogP contribution in [0.5, 0.6) is 0 Å². The van der Waals surface area contributed by atoms with Gasteiger partial charge in [-0.05, 0) is 53.0 Å². The number of furan rings is 1. The van der Waals surface area contributed by atoms with E-state index in [0.717, 1.165) is 25.9 Å². The Morgan fingerprint density at radius 3 is 2.26 bits per heavy atom. The molecule has 2 aromatic rings. The van der Waals surface area contributed by atoms with Crippen LogP contribution in [0.25, 0.3) is 0 Å². The summed E-state index contributed by atoms with van der Waals surface area (Å²) in [5, 5.41) is 5.60. The van der Waals surface area contributed by atoms with Gasteiger partial charge in [0.2, 0.25) is 0 Å². The minimum absolute atomic E-state index is 0.148. The van der Waals surface area contributed by atoms with Crippen molar-refractivity contribution in [3.63, 3.8) is 0 Å². The molecule has 2 N–H and O–H groups in total. The lowest BCUT2D eigenvalue weighted by Crippen LogP contribution is -2.32. The molecule has 0 radical (unpaired) electrons. The fourth-order valence-electron chi connectivity index (χ4n) is 2.44. The van der Waals surface area contributed by atoms with Crippen molar-refractivity contribution in [1.82, 2.24) is 4.90 Å². The third kappa shape index (κ3) is 3.73. The quantitative estimate of drug-likeness (QED) is 0.850. The second kappa shape index (κ2) is 6.87. The van der Waals surface area contributed by atoms with E-state index in [1.54, 1.807) is 41.3 Å². The van der Waals surface area contributed by atoms with Crippen molar-refractivity contribution in [2.75, 3.05) is 23.7 Å². The van der Waals surface area contributed by atoms with E-state index in [9.17, 15) is 9.59 Å². The van der Waals surface area contributed by atoms with Crippen molar-refractivity contribution >= 4 is 39.2 Å². The number of carbonyl (C=O) groups excluding carboxylic acids is 2. The molecule has 1 saturated heterocycles.